The summed E-state index contributed by atoms with van der Waals surface area (Å²) in [6, 6.07) is 15.6. The quantitative estimate of drug-likeness (QED) is 0.207. The fourth-order valence-electron chi connectivity index (χ4n) is 3.38. The van der Waals surface area contributed by atoms with Crippen LogP contribution in [0.2, 0.25) is 0 Å². The lowest BCUT2D eigenvalue weighted by Crippen LogP contribution is -2.39. The van der Waals surface area contributed by atoms with Crippen LogP contribution >= 0.6 is 0 Å². The van der Waals surface area contributed by atoms with Gasteiger partial charge in [-0.05, 0) is 60.7 Å². The summed E-state index contributed by atoms with van der Waals surface area (Å²) in [6.07, 6.45) is 1.18. The van der Waals surface area contributed by atoms with E-state index in [0.717, 1.165) is 4.31 Å². The largest absolute Gasteiger partial charge is 0.497 e. The Kier molecular flexibility index (Phi) is 9.17. The molecule has 0 bridgehead atoms. The van der Waals surface area contributed by atoms with Crippen molar-refractivity contribution in [3.05, 3.63) is 82.4 Å². The Morgan fingerprint density at radius 2 is 1.69 bits per heavy atom. The number of benzene rings is 3. The number of rotatable bonds is 11. The number of anilines is 2. The van der Waals surface area contributed by atoms with Gasteiger partial charge in [-0.25, -0.2) is 13.8 Å². The molecule has 3 rings (SSSR count). The molecule has 14 heteroatoms. The lowest BCUT2D eigenvalue weighted by Gasteiger charge is -2.24. The van der Waals surface area contributed by atoms with E-state index in [0.29, 0.717) is 17.0 Å². The molecule has 0 aliphatic carbocycles. The van der Waals surface area contributed by atoms with Gasteiger partial charge in [0, 0.05) is 24.2 Å². The van der Waals surface area contributed by atoms with Gasteiger partial charge < -0.3 is 14.8 Å². The van der Waals surface area contributed by atoms with Crippen LogP contribution < -0.4 is 24.5 Å². The molecule has 0 fully saturated rings. The van der Waals surface area contributed by atoms with E-state index in [1.165, 1.54) is 82.0 Å². The van der Waals surface area contributed by atoms with Crippen molar-refractivity contribution in [2.45, 2.75) is 11.8 Å². The van der Waals surface area contributed by atoms with Crippen molar-refractivity contribution in [1.82, 2.24) is 5.43 Å². The number of nitro groups is 1. The number of hydrogen-bond donors (Lipinski definition) is 2. The van der Waals surface area contributed by atoms with Crippen LogP contribution in [0.4, 0.5) is 17.1 Å². The molecule has 2 amide bonds. The minimum absolute atomic E-state index is 0.0617. The number of nitrogens with zero attached hydrogens (tertiary/aromatic N) is 3. The zero-order valence-corrected chi connectivity index (χ0v) is 22.0. The van der Waals surface area contributed by atoms with Crippen molar-refractivity contribution in [2.75, 3.05) is 30.4 Å². The molecule has 0 radical (unpaired) electrons. The smallest absolute Gasteiger partial charge is 0.311 e. The maximum atomic E-state index is 13.5. The van der Waals surface area contributed by atoms with Gasteiger partial charge in [-0.2, -0.15) is 5.10 Å². The number of methoxy groups -OCH3 is 2. The van der Waals surface area contributed by atoms with Gasteiger partial charge in [-0.15, -0.1) is 0 Å². The van der Waals surface area contributed by atoms with Crippen LogP contribution in [-0.4, -0.2) is 52.1 Å². The summed E-state index contributed by atoms with van der Waals surface area (Å²) in [5.74, 6) is -0.541. The summed E-state index contributed by atoms with van der Waals surface area (Å²) in [4.78, 5) is 34.5. The molecule has 39 heavy (non-hydrogen) atoms. The van der Waals surface area contributed by atoms with Gasteiger partial charge >= 0.3 is 5.69 Å². The molecule has 3 aromatic rings. The van der Waals surface area contributed by atoms with Crippen molar-refractivity contribution in [1.29, 1.82) is 0 Å². The fourth-order valence-corrected chi connectivity index (χ4v) is 4.80. The molecular weight excluding hydrogens is 530 g/mol. The van der Waals surface area contributed by atoms with Crippen LogP contribution in [0.25, 0.3) is 0 Å². The molecule has 2 N–H and O–H groups in total. The van der Waals surface area contributed by atoms with E-state index in [-0.39, 0.29) is 27.9 Å². The zero-order valence-electron chi connectivity index (χ0n) is 21.2. The maximum Gasteiger partial charge on any atom is 0.311 e. The van der Waals surface area contributed by atoms with E-state index in [1.807, 2.05) is 0 Å². The SMILES string of the molecule is COc1ccc(N(CC(=O)N/N=C\c2ccc(OC)c([N+](=O)[O-])c2)S(=O)(=O)c2ccc(NC(C)=O)cc2)cc1. The molecular formula is C25H25N5O8S. The van der Waals surface area contributed by atoms with E-state index in [9.17, 15) is 28.1 Å². The van der Waals surface area contributed by atoms with Crippen LogP contribution in [0.3, 0.4) is 0 Å². The van der Waals surface area contributed by atoms with Crippen LogP contribution in [0.5, 0.6) is 11.5 Å². The highest BCUT2D eigenvalue weighted by atomic mass is 32.2. The van der Waals surface area contributed by atoms with Gasteiger partial charge in [0.15, 0.2) is 5.75 Å². The monoisotopic (exact) mass is 555 g/mol. The van der Waals surface area contributed by atoms with E-state index in [4.69, 9.17) is 9.47 Å². The number of amides is 2. The number of nitro benzene ring substituents is 1. The standard InChI is InChI=1S/C25H25N5O8S/c1-17(31)27-19-5-11-22(12-6-19)39(35,36)29(20-7-9-21(37-2)10-8-20)16-25(32)28-26-15-18-4-13-24(38-3)23(14-18)30(33)34/h4-15H,16H2,1-3H3,(H,27,31)(H,28,32)/b26-15-. The number of ether oxygens (including phenoxy) is 2. The topological polar surface area (TPSA) is 170 Å². The van der Waals surface area contributed by atoms with Crippen molar-refractivity contribution in [3.63, 3.8) is 0 Å². The first kappa shape index (κ1) is 28.6. The second-order valence-electron chi connectivity index (χ2n) is 7.90. The third-order valence-corrected chi connectivity index (χ3v) is 7.00. The van der Waals surface area contributed by atoms with E-state index in [2.05, 4.69) is 15.8 Å². The second-order valence-corrected chi connectivity index (χ2v) is 9.76. The summed E-state index contributed by atoms with van der Waals surface area (Å²) >= 11 is 0. The second kappa shape index (κ2) is 12.5. The molecule has 0 heterocycles. The summed E-state index contributed by atoms with van der Waals surface area (Å²) in [5, 5.41) is 17.6. The summed E-state index contributed by atoms with van der Waals surface area (Å²) in [5.41, 5.74) is 2.85. The van der Waals surface area contributed by atoms with Gasteiger partial charge in [0.25, 0.3) is 15.9 Å². The van der Waals surface area contributed by atoms with Crippen molar-refractivity contribution >= 4 is 45.1 Å². The highest BCUT2D eigenvalue weighted by molar-refractivity contribution is 7.92. The predicted molar refractivity (Wildman–Crippen MR) is 144 cm³/mol. The molecule has 0 aliphatic rings. The van der Waals surface area contributed by atoms with Crippen LogP contribution in [0, 0.1) is 10.1 Å². The minimum atomic E-state index is -4.24. The third-order valence-electron chi connectivity index (χ3n) is 5.21. The average Bonchev–Trinajstić information content (AvgIpc) is 2.91. The average molecular weight is 556 g/mol. The van der Waals surface area contributed by atoms with E-state index < -0.39 is 27.4 Å². The van der Waals surface area contributed by atoms with Gasteiger partial charge in [0.1, 0.15) is 12.3 Å². The van der Waals surface area contributed by atoms with Gasteiger partial charge in [0.2, 0.25) is 5.91 Å². The summed E-state index contributed by atoms with van der Waals surface area (Å²) < 4.78 is 38.0. The highest BCUT2D eigenvalue weighted by Crippen LogP contribution is 2.28. The number of sulfonamides is 1. The Hall–Kier alpha value is -4.98. The fraction of sp³-hybridized carbons (Fsp3) is 0.160. The first-order chi connectivity index (χ1) is 18.5. The zero-order chi connectivity index (χ0) is 28.6. The number of carbonyl (C=O) groups is 2. The van der Waals surface area contributed by atoms with Crippen molar-refractivity contribution < 1.29 is 32.4 Å². The Balaban J connectivity index is 1.84. The van der Waals surface area contributed by atoms with Gasteiger partial charge in [-0.3, -0.25) is 24.0 Å². The Morgan fingerprint density at radius 1 is 1.03 bits per heavy atom. The Morgan fingerprint density at radius 3 is 2.26 bits per heavy atom. The molecule has 3 aromatic carbocycles. The van der Waals surface area contributed by atoms with Crippen LogP contribution in [0.15, 0.2) is 76.7 Å². The number of carbonyl (C=O) groups excluding carboxylic acids is 2. The lowest BCUT2D eigenvalue weighted by atomic mass is 10.2. The third kappa shape index (κ3) is 7.29. The molecule has 13 nitrogen and oxygen atoms in total. The summed E-state index contributed by atoms with van der Waals surface area (Å²) in [6.45, 7) is 0.690. The van der Waals surface area contributed by atoms with E-state index >= 15 is 0 Å². The first-order valence-corrected chi connectivity index (χ1v) is 12.7. The maximum absolute atomic E-state index is 13.5. The first-order valence-electron chi connectivity index (χ1n) is 11.2. The molecule has 204 valence electrons. The van der Waals surface area contributed by atoms with E-state index in [1.54, 1.807) is 12.1 Å². The van der Waals surface area contributed by atoms with Crippen LogP contribution in [0.1, 0.15) is 12.5 Å². The van der Waals surface area contributed by atoms with Gasteiger partial charge in [-0.1, -0.05) is 0 Å². The van der Waals surface area contributed by atoms with Crippen LogP contribution in [-0.2, 0) is 19.6 Å². The van der Waals surface area contributed by atoms with Crippen molar-refractivity contribution in [3.8, 4) is 11.5 Å². The number of nitrogens with one attached hydrogen (secondary N) is 2. The molecule has 0 spiro atoms. The molecule has 0 aliphatic heterocycles. The van der Waals surface area contributed by atoms with Gasteiger partial charge in [0.05, 0.1) is 35.9 Å². The Labute approximate surface area is 224 Å². The Bertz CT molecular complexity index is 1490. The lowest BCUT2D eigenvalue weighted by molar-refractivity contribution is -0.385. The molecule has 0 saturated carbocycles. The number of hydrogen-bond acceptors (Lipinski definition) is 9. The predicted octanol–water partition coefficient (Wildman–Crippen LogP) is 2.92. The summed E-state index contributed by atoms with van der Waals surface area (Å²) in [7, 11) is -1.47. The highest BCUT2D eigenvalue weighted by Gasteiger charge is 2.27. The molecule has 0 atom stereocenters. The molecule has 0 aromatic heterocycles. The molecule has 0 saturated heterocycles. The normalized spacial score (nSPS) is 11.1. The minimum Gasteiger partial charge on any atom is -0.497 e. The molecule has 0 unspecified atom stereocenters. The number of hydrazone groups is 1. The van der Waals surface area contributed by atoms with Crippen molar-refractivity contribution in [2.24, 2.45) is 5.10 Å².